The largest absolute Gasteiger partial charge is 0.490 e. The van der Waals surface area contributed by atoms with Crippen molar-refractivity contribution >= 4 is 21.5 Å². The van der Waals surface area contributed by atoms with Crippen molar-refractivity contribution in [3.05, 3.63) is 72.8 Å². The number of fused-ring (bicyclic) bond motifs is 3. The van der Waals surface area contributed by atoms with E-state index in [1.54, 1.807) is 12.2 Å². The van der Waals surface area contributed by atoms with E-state index in [1.807, 2.05) is 12.1 Å². The highest BCUT2D eigenvalue weighted by atomic mass is 16.5. The van der Waals surface area contributed by atoms with Crippen molar-refractivity contribution in [1.29, 1.82) is 0 Å². The summed E-state index contributed by atoms with van der Waals surface area (Å²) in [5.41, 5.74) is 2.60. The maximum atomic E-state index is 5.71. The summed E-state index contributed by atoms with van der Waals surface area (Å²) in [5.74, 6) is 1.70. The third-order valence-electron chi connectivity index (χ3n) is 4.38. The predicted molar refractivity (Wildman–Crippen MR) is 102 cm³/mol. The van der Waals surface area contributed by atoms with Crippen LogP contribution in [0.4, 0.5) is 0 Å². The molecule has 0 fully saturated rings. The first kappa shape index (κ1) is 16.1. The number of hydrogen-bond donors (Lipinski definition) is 0. The summed E-state index contributed by atoms with van der Waals surface area (Å²) in [6.07, 6.45) is 3.51. The molecule has 3 aromatic carbocycles. The SMILES string of the molecule is C=CCOc1ccc2c(C)c(C)c3ccc(OCC=C)cc3c2c1. The third kappa shape index (κ3) is 2.88. The molecule has 0 unspecified atom stereocenters. The van der Waals surface area contributed by atoms with Crippen molar-refractivity contribution < 1.29 is 9.47 Å². The van der Waals surface area contributed by atoms with Crippen molar-refractivity contribution in [2.24, 2.45) is 0 Å². The van der Waals surface area contributed by atoms with Crippen LogP contribution in [0.5, 0.6) is 11.5 Å². The average molecular weight is 318 g/mol. The monoisotopic (exact) mass is 318 g/mol. The van der Waals surface area contributed by atoms with Gasteiger partial charge in [0.25, 0.3) is 0 Å². The number of rotatable bonds is 6. The van der Waals surface area contributed by atoms with E-state index in [0.29, 0.717) is 13.2 Å². The fourth-order valence-electron chi connectivity index (χ4n) is 3.04. The summed E-state index contributed by atoms with van der Waals surface area (Å²) < 4.78 is 11.4. The van der Waals surface area contributed by atoms with Crippen LogP contribution in [0.3, 0.4) is 0 Å². The second kappa shape index (κ2) is 6.79. The molecule has 0 N–H and O–H groups in total. The van der Waals surface area contributed by atoms with Gasteiger partial charge in [0.15, 0.2) is 0 Å². The molecule has 122 valence electrons. The van der Waals surface area contributed by atoms with Gasteiger partial charge in [-0.3, -0.25) is 0 Å². The van der Waals surface area contributed by atoms with E-state index in [4.69, 9.17) is 9.47 Å². The maximum absolute atomic E-state index is 5.71. The molecule has 0 bridgehead atoms. The summed E-state index contributed by atoms with van der Waals surface area (Å²) >= 11 is 0. The molecule has 3 aromatic rings. The highest BCUT2D eigenvalue weighted by Gasteiger charge is 2.11. The summed E-state index contributed by atoms with van der Waals surface area (Å²) in [6.45, 7) is 12.8. The van der Waals surface area contributed by atoms with Crippen LogP contribution in [-0.4, -0.2) is 13.2 Å². The molecule has 24 heavy (non-hydrogen) atoms. The quantitative estimate of drug-likeness (QED) is 0.426. The van der Waals surface area contributed by atoms with Gasteiger partial charge in [-0.05, 0) is 70.8 Å². The van der Waals surface area contributed by atoms with Gasteiger partial charge in [0.05, 0.1) is 0 Å². The number of aryl methyl sites for hydroxylation is 2. The zero-order chi connectivity index (χ0) is 17.1. The van der Waals surface area contributed by atoms with E-state index >= 15 is 0 Å². The Kier molecular flexibility index (Phi) is 4.57. The smallest absolute Gasteiger partial charge is 0.120 e. The van der Waals surface area contributed by atoms with Crippen molar-refractivity contribution in [2.45, 2.75) is 13.8 Å². The Morgan fingerprint density at radius 2 is 1.12 bits per heavy atom. The summed E-state index contributed by atoms with van der Waals surface area (Å²) in [4.78, 5) is 0. The lowest BCUT2D eigenvalue weighted by atomic mass is 9.93. The van der Waals surface area contributed by atoms with Crippen LogP contribution in [0.1, 0.15) is 11.1 Å². The highest BCUT2D eigenvalue weighted by molar-refractivity contribution is 6.11. The van der Waals surface area contributed by atoms with Gasteiger partial charge in [0, 0.05) is 0 Å². The Morgan fingerprint density at radius 1 is 0.708 bits per heavy atom. The van der Waals surface area contributed by atoms with E-state index in [-0.39, 0.29) is 0 Å². The van der Waals surface area contributed by atoms with Crippen LogP contribution < -0.4 is 9.47 Å². The van der Waals surface area contributed by atoms with Gasteiger partial charge in [-0.25, -0.2) is 0 Å². The molecule has 0 aliphatic rings. The third-order valence-corrected chi connectivity index (χ3v) is 4.38. The van der Waals surface area contributed by atoms with E-state index in [2.05, 4.69) is 51.3 Å². The lowest BCUT2D eigenvalue weighted by molar-refractivity contribution is 0.363. The summed E-state index contributed by atoms with van der Waals surface area (Å²) in [6, 6.07) is 12.5. The molecular weight excluding hydrogens is 296 g/mol. The van der Waals surface area contributed by atoms with Crippen LogP contribution in [0.25, 0.3) is 21.5 Å². The van der Waals surface area contributed by atoms with Gasteiger partial charge in [0.2, 0.25) is 0 Å². The second-order valence-electron chi connectivity index (χ2n) is 5.86. The second-order valence-corrected chi connectivity index (χ2v) is 5.86. The molecule has 0 aliphatic carbocycles. The number of hydrogen-bond acceptors (Lipinski definition) is 2. The van der Waals surface area contributed by atoms with E-state index < -0.39 is 0 Å². The summed E-state index contributed by atoms with van der Waals surface area (Å²) in [5, 5.41) is 4.84. The Bertz CT molecular complexity index is 846. The lowest BCUT2D eigenvalue weighted by Gasteiger charge is -2.14. The van der Waals surface area contributed by atoms with Gasteiger partial charge in [-0.2, -0.15) is 0 Å². The van der Waals surface area contributed by atoms with Gasteiger partial charge in [-0.1, -0.05) is 37.4 Å². The van der Waals surface area contributed by atoms with Gasteiger partial charge in [0.1, 0.15) is 24.7 Å². The first-order valence-electron chi connectivity index (χ1n) is 8.09. The molecule has 3 rings (SSSR count). The zero-order valence-electron chi connectivity index (χ0n) is 14.3. The standard InChI is InChI=1S/C22H22O2/c1-5-11-23-17-7-9-19-15(3)16(4)20-10-8-18(24-12-6-2)14-22(20)21(19)13-17/h5-10,13-14H,1-2,11-12H2,3-4H3. The molecule has 0 saturated heterocycles. The number of ether oxygens (including phenoxy) is 2. The summed E-state index contributed by atoms with van der Waals surface area (Å²) in [7, 11) is 0. The fraction of sp³-hybridized carbons (Fsp3) is 0.182. The molecule has 2 nitrogen and oxygen atoms in total. The fourth-order valence-corrected chi connectivity index (χ4v) is 3.04. The van der Waals surface area contributed by atoms with Crippen LogP contribution in [0.2, 0.25) is 0 Å². The Hall–Kier alpha value is -2.74. The van der Waals surface area contributed by atoms with Crippen LogP contribution in [0.15, 0.2) is 61.7 Å². The molecule has 0 aliphatic heterocycles. The molecule has 0 spiro atoms. The molecule has 0 aromatic heterocycles. The molecular formula is C22H22O2. The minimum absolute atomic E-state index is 0.502. The maximum Gasteiger partial charge on any atom is 0.120 e. The van der Waals surface area contributed by atoms with Crippen molar-refractivity contribution in [2.75, 3.05) is 13.2 Å². The highest BCUT2D eigenvalue weighted by Crippen LogP contribution is 2.36. The molecule has 0 heterocycles. The molecule has 0 amide bonds. The molecule has 0 atom stereocenters. The first-order chi connectivity index (χ1) is 11.7. The normalized spacial score (nSPS) is 10.8. The van der Waals surface area contributed by atoms with Crippen LogP contribution in [0, 0.1) is 13.8 Å². The predicted octanol–water partition coefficient (Wildman–Crippen LogP) is 5.74. The van der Waals surface area contributed by atoms with E-state index in [9.17, 15) is 0 Å². The van der Waals surface area contributed by atoms with Gasteiger partial charge >= 0.3 is 0 Å². The molecule has 0 saturated carbocycles. The minimum Gasteiger partial charge on any atom is -0.490 e. The Balaban J connectivity index is 2.25. The van der Waals surface area contributed by atoms with Gasteiger partial charge < -0.3 is 9.47 Å². The topological polar surface area (TPSA) is 18.5 Å². The Morgan fingerprint density at radius 3 is 1.50 bits per heavy atom. The van der Waals surface area contributed by atoms with Crippen molar-refractivity contribution in [3.8, 4) is 11.5 Å². The van der Waals surface area contributed by atoms with Crippen LogP contribution in [-0.2, 0) is 0 Å². The Labute approximate surface area is 143 Å². The zero-order valence-corrected chi connectivity index (χ0v) is 14.3. The average Bonchev–Trinajstić information content (AvgIpc) is 2.62. The first-order valence-corrected chi connectivity index (χ1v) is 8.09. The minimum atomic E-state index is 0.502. The van der Waals surface area contributed by atoms with Gasteiger partial charge in [-0.15, -0.1) is 0 Å². The van der Waals surface area contributed by atoms with E-state index in [1.165, 1.54) is 32.7 Å². The molecule has 0 radical (unpaired) electrons. The van der Waals surface area contributed by atoms with Crippen molar-refractivity contribution in [3.63, 3.8) is 0 Å². The van der Waals surface area contributed by atoms with E-state index in [0.717, 1.165) is 11.5 Å². The number of benzene rings is 3. The lowest BCUT2D eigenvalue weighted by Crippen LogP contribution is -1.95. The van der Waals surface area contributed by atoms with Crippen LogP contribution >= 0.6 is 0 Å². The molecule has 2 heteroatoms. The van der Waals surface area contributed by atoms with Crippen molar-refractivity contribution in [1.82, 2.24) is 0 Å².